The van der Waals surface area contributed by atoms with Crippen LogP contribution in [0.4, 0.5) is 16.2 Å². The van der Waals surface area contributed by atoms with Crippen molar-refractivity contribution in [3.8, 4) is 0 Å². The zero-order chi connectivity index (χ0) is 14.5. The molecule has 0 spiro atoms. The lowest BCUT2D eigenvalue weighted by molar-refractivity contribution is 0.0636. The Hall–Kier alpha value is -1.82. The van der Waals surface area contributed by atoms with Crippen molar-refractivity contribution in [3.05, 3.63) is 24.3 Å². The topological polar surface area (TPSA) is 62.4 Å². The van der Waals surface area contributed by atoms with E-state index in [1.54, 1.807) is 19.2 Å². The summed E-state index contributed by atoms with van der Waals surface area (Å²) in [6.07, 6.45) is -0.473. The number of nitrogens with one attached hydrogen (secondary N) is 3. The minimum absolute atomic E-state index is 0.473. The van der Waals surface area contributed by atoms with E-state index in [1.807, 2.05) is 32.9 Å². The second-order valence-electron chi connectivity index (χ2n) is 4.91. The standard InChI is InChI=1S/C13H19N3O2S/c1-13(2,3)18-12(17)16-10-7-5-9(6-8-10)15-11(19)14-4/h5-8H,1-4H3,(H,16,17)(H2,14,15,19). The Bertz CT molecular complexity index is 452. The Balaban J connectivity index is 2.57. The zero-order valence-electron chi connectivity index (χ0n) is 11.5. The van der Waals surface area contributed by atoms with Crippen molar-refractivity contribution < 1.29 is 9.53 Å². The average Bonchev–Trinajstić information content (AvgIpc) is 2.29. The number of amides is 1. The molecule has 1 amide bonds. The summed E-state index contributed by atoms with van der Waals surface area (Å²) in [5, 5.41) is 8.99. The predicted octanol–water partition coefficient (Wildman–Crippen LogP) is 2.95. The van der Waals surface area contributed by atoms with E-state index >= 15 is 0 Å². The fourth-order valence-corrected chi connectivity index (χ4v) is 1.37. The lowest BCUT2D eigenvalue weighted by atomic mass is 10.2. The van der Waals surface area contributed by atoms with Gasteiger partial charge in [-0.3, -0.25) is 5.32 Å². The van der Waals surface area contributed by atoms with Gasteiger partial charge in [-0.25, -0.2) is 4.79 Å². The smallest absolute Gasteiger partial charge is 0.412 e. The summed E-state index contributed by atoms with van der Waals surface area (Å²) in [6, 6.07) is 7.17. The Morgan fingerprint density at radius 3 is 2.00 bits per heavy atom. The Morgan fingerprint density at radius 2 is 1.58 bits per heavy atom. The molecule has 0 aliphatic carbocycles. The molecule has 5 nitrogen and oxygen atoms in total. The number of rotatable bonds is 2. The van der Waals surface area contributed by atoms with Gasteiger partial charge in [0.1, 0.15) is 5.60 Å². The van der Waals surface area contributed by atoms with Crippen molar-refractivity contribution in [2.75, 3.05) is 17.7 Å². The molecule has 3 N–H and O–H groups in total. The molecule has 1 rings (SSSR count). The van der Waals surface area contributed by atoms with Gasteiger partial charge in [-0.15, -0.1) is 0 Å². The molecule has 1 aromatic carbocycles. The number of hydrogen-bond donors (Lipinski definition) is 3. The molecule has 0 saturated carbocycles. The van der Waals surface area contributed by atoms with Crippen molar-refractivity contribution in [2.24, 2.45) is 0 Å². The number of hydrogen-bond acceptors (Lipinski definition) is 3. The number of benzene rings is 1. The van der Waals surface area contributed by atoms with Crippen molar-refractivity contribution >= 4 is 34.8 Å². The van der Waals surface area contributed by atoms with Gasteiger partial charge in [0.2, 0.25) is 0 Å². The molecule has 0 saturated heterocycles. The molecule has 104 valence electrons. The van der Waals surface area contributed by atoms with E-state index in [4.69, 9.17) is 17.0 Å². The van der Waals surface area contributed by atoms with Crippen LogP contribution in [0.5, 0.6) is 0 Å². The van der Waals surface area contributed by atoms with Crippen LogP contribution in [0.15, 0.2) is 24.3 Å². The molecule has 0 bridgehead atoms. The number of carbonyl (C=O) groups excluding carboxylic acids is 1. The van der Waals surface area contributed by atoms with Gasteiger partial charge in [0.25, 0.3) is 0 Å². The molecule has 0 atom stereocenters. The first-order chi connectivity index (χ1) is 8.80. The van der Waals surface area contributed by atoms with Crippen molar-refractivity contribution in [1.82, 2.24) is 5.32 Å². The van der Waals surface area contributed by atoms with Crippen LogP contribution in [0.2, 0.25) is 0 Å². The van der Waals surface area contributed by atoms with E-state index in [2.05, 4.69) is 16.0 Å². The van der Waals surface area contributed by atoms with E-state index in [0.717, 1.165) is 5.69 Å². The van der Waals surface area contributed by atoms with Crippen LogP contribution in [0.3, 0.4) is 0 Å². The maximum atomic E-state index is 11.6. The molecular weight excluding hydrogens is 262 g/mol. The molecule has 0 radical (unpaired) electrons. The highest BCUT2D eigenvalue weighted by Crippen LogP contribution is 2.15. The number of anilines is 2. The van der Waals surface area contributed by atoms with Gasteiger partial charge in [0.05, 0.1) is 0 Å². The molecule has 6 heteroatoms. The van der Waals surface area contributed by atoms with Crippen LogP contribution in [-0.2, 0) is 4.74 Å². The summed E-state index contributed by atoms with van der Waals surface area (Å²) in [4.78, 5) is 11.6. The first-order valence-electron chi connectivity index (χ1n) is 5.89. The fraction of sp³-hybridized carbons (Fsp3) is 0.385. The van der Waals surface area contributed by atoms with Crippen LogP contribution in [0.25, 0.3) is 0 Å². The van der Waals surface area contributed by atoms with Crippen LogP contribution in [0.1, 0.15) is 20.8 Å². The average molecular weight is 281 g/mol. The molecule has 0 aromatic heterocycles. The normalized spacial score (nSPS) is 10.5. The third-order valence-electron chi connectivity index (χ3n) is 2.02. The van der Waals surface area contributed by atoms with Crippen LogP contribution >= 0.6 is 12.2 Å². The molecule has 0 unspecified atom stereocenters. The van der Waals surface area contributed by atoms with Crippen LogP contribution < -0.4 is 16.0 Å². The van der Waals surface area contributed by atoms with E-state index in [9.17, 15) is 4.79 Å². The SMILES string of the molecule is CNC(=S)Nc1ccc(NC(=O)OC(C)(C)C)cc1. The Labute approximate surface area is 118 Å². The maximum absolute atomic E-state index is 11.6. The minimum atomic E-state index is -0.509. The van der Waals surface area contributed by atoms with Gasteiger partial charge in [-0.2, -0.15) is 0 Å². The number of thiocarbonyl (C=S) groups is 1. The summed E-state index contributed by atoms with van der Waals surface area (Å²) < 4.78 is 5.16. The highest BCUT2D eigenvalue weighted by Gasteiger charge is 2.15. The second-order valence-corrected chi connectivity index (χ2v) is 5.32. The highest BCUT2D eigenvalue weighted by molar-refractivity contribution is 7.80. The summed E-state index contributed by atoms with van der Waals surface area (Å²) in [5.74, 6) is 0. The Morgan fingerprint density at radius 1 is 1.11 bits per heavy atom. The molecule has 0 aliphatic rings. The summed E-state index contributed by atoms with van der Waals surface area (Å²) in [6.45, 7) is 5.45. The number of carbonyl (C=O) groups is 1. The second kappa shape index (κ2) is 6.38. The van der Waals surface area contributed by atoms with Gasteiger partial charge in [0, 0.05) is 18.4 Å². The van der Waals surface area contributed by atoms with E-state index < -0.39 is 11.7 Å². The first kappa shape index (κ1) is 15.2. The molecule has 0 aliphatic heterocycles. The molecule has 0 heterocycles. The minimum Gasteiger partial charge on any atom is -0.444 e. The summed E-state index contributed by atoms with van der Waals surface area (Å²) in [7, 11) is 1.74. The van der Waals surface area contributed by atoms with E-state index in [0.29, 0.717) is 10.8 Å². The largest absolute Gasteiger partial charge is 0.444 e. The van der Waals surface area contributed by atoms with Gasteiger partial charge in [-0.05, 0) is 57.3 Å². The molecule has 1 aromatic rings. The van der Waals surface area contributed by atoms with Crippen molar-refractivity contribution in [3.63, 3.8) is 0 Å². The monoisotopic (exact) mass is 281 g/mol. The Kier molecular flexibility index (Phi) is 5.11. The van der Waals surface area contributed by atoms with Gasteiger partial charge in [-0.1, -0.05) is 0 Å². The third-order valence-corrected chi connectivity index (χ3v) is 2.32. The fourth-order valence-electron chi connectivity index (χ4n) is 1.25. The van der Waals surface area contributed by atoms with Crippen LogP contribution in [-0.4, -0.2) is 23.9 Å². The van der Waals surface area contributed by atoms with Crippen LogP contribution in [0, 0.1) is 0 Å². The summed E-state index contributed by atoms with van der Waals surface area (Å²) >= 11 is 4.99. The van der Waals surface area contributed by atoms with E-state index in [1.165, 1.54) is 0 Å². The highest BCUT2D eigenvalue weighted by atomic mass is 32.1. The van der Waals surface area contributed by atoms with Gasteiger partial charge in [0.15, 0.2) is 5.11 Å². The first-order valence-corrected chi connectivity index (χ1v) is 6.30. The van der Waals surface area contributed by atoms with Gasteiger partial charge >= 0.3 is 6.09 Å². The number of ether oxygens (including phenoxy) is 1. The van der Waals surface area contributed by atoms with Crippen molar-refractivity contribution in [2.45, 2.75) is 26.4 Å². The maximum Gasteiger partial charge on any atom is 0.412 e. The van der Waals surface area contributed by atoms with Gasteiger partial charge < -0.3 is 15.4 Å². The van der Waals surface area contributed by atoms with E-state index in [-0.39, 0.29) is 0 Å². The quantitative estimate of drug-likeness (QED) is 0.728. The summed E-state index contributed by atoms with van der Waals surface area (Å²) in [5.41, 5.74) is 0.995. The molecule has 0 fully saturated rings. The zero-order valence-corrected chi connectivity index (χ0v) is 12.4. The lowest BCUT2D eigenvalue weighted by Crippen LogP contribution is -2.27. The predicted molar refractivity (Wildman–Crippen MR) is 81.6 cm³/mol. The molecular formula is C13H19N3O2S. The van der Waals surface area contributed by atoms with Crippen molar-refractivity contribution in [1.29, 1.82) is 0 Å². The third kappa shape index (κ3) is 6.05. The molecule has 19 heavy (non-hydrogen) atoms. The lowest BCUT2D eigenvalue weighted by Gasteiger charge is -2.19.